The van der Waals surface area contributed by atoms with Gasteiger partial charge in [-0.25, -0.2) is 0 Å². The highest BCUT2D eigenvalue weighted by molar-refractivity contribution is 5.53. The molecule has 0 saturated heterocycles. The van der Waals surface area contributed by atoms with Crippen LogP contribution in [0.2, 0.25) is 0 Å². The second-order valence-electron chi connectivity index (χ2n) is 5.51. The lowest BCUT2D eigenvalue weighted by molar-refractivity contribution is 0.210. The van der Waals surface area contributed by atoms with Gasteiger partial charge in [-0.3, -0.25) is 0 Å². The lowest BCUT2D eigenvalue weighted by Crippen LogP contribution is -2.13. The molecular weight excluding hydrogens is 242 g/mol. The van der Waals surface area contributed by atoms with Crippen molar-refractivity contribution < 1.29 is 14.6 Å². The van der Waals surface area contributed by atoms with Crippen molar-refractivity contribution in [2.75, 3.05) is 14.1 Å². The van der Waals surface area contributed by atoms with Gasteiger partial charge in [0.05, 0.1) is 12.2 Å². The number of phenolic OH excluding ortho intramolecular Hbond substituents is 1. The lowest BCUT2D eigenvalue weighted by atomic mass is 10.1. The molecule has 1 aromatic rings. The Hall–Kier alpha value is -1.42. The number of rotatable bonds is 6. The molecule has 4 nitrogen and oxygen atoms in total. The van der Waals surface area contributed by atoms with Crippen LogP contribution in [0.25, 0.3) is 0 Å². The summed E-state index contributed by atoms with van der Waals surface area (Å²) in [5.41, 5.74) is 1.05. The van der Waals surface area contributed by atoms with Crippen LogP contribution in [0.5, 0.6) is 17.2 Å². The molecule has 108 valence electrons. The van der Waals surface area contributed by atoms with E-state index in [9.17, 15) is 5.11 Å². The van der Waals surface area contributed by atoms with E-state index < -0.39 is 0 Å². The molecule has 4 heteroatoms. The van der Waals surface area contributed by atoms with Crippen molar-refractivity contribution in [1.82, 2.24) is 4.90 Å². The highest BCUT2D eigenvalue weighted by atomic mass is 16.5. The van der Waals surface area contributed by atoms with E-state index in [1.807, 2.05) is 53.9 Å². The topological polar surface area (TPSA) is 41.9 Å². The molecule has 1 rings (SSSR count). The van der Waals surface area contributed by atoms with Gasteiger partial charge in [-0.2, -0.15) is 0 Å². The molecule has 0 aliphatic rings. The van der Waals surface area contributed by atoms with Gasteiger partial charge in [-0.05, 0) is 59.5 Å². The van der Waals surface area contributed by atoms with Gasteiger partial charge < -0.3 is 19.5 Å². The molecule has 19 heavy (non-hydrogen) atoms. The van der Waals surface area contributed by atoms with Crippen molar-refractivity contribution in [3.8, 4) is 17.2 Å². The van der Waals surface area contributed by atoms with Crippen molar-refractivity contribution in [2.45, 2.75) is 46.4 Å². The average Bonchev–Trinajstić information content (AvgIpc) is 2.22. The minimum atomic E-state index is 0.00686. The smallest absolute Gasteiger partial charge is 0.200 e. The lowest BCUT2D eigenvalue weighted by Gasteiger charge is -2.19. The molecule has 0 bridgehead atoms. The van der Waals surface area contributed by atoms with Crippen molar-refractivity contribution in [1.29, 1.82) is 0 Å². The summed E-state index contributed by atoms with van der Waals surface area (Å²) < 4.78 is 11.3. The molecule has 0 unspecified atom stereocenters. The minimum Gasteiger partial charge on any atom is -0.502 e. The summed E-state index contributed by atoms with van der Waals surface area (Å²) >= 11 is 0. The summed E-state index contributed by atoms with van der Waals surface area (Å²) in [6, 6.07) is 3.73. The number of benzene rings is 1. The SMILES string of the molecule is CC(C)Oc1cc(CN(C)C)cc(OC(C)C)c1O. The molecule has 0 aliphatic heterocycles. The molecular formula is C15H25NO3. The third kappa shape index (κ3) is 4.99. The van der Waals surface area contributed by atoms with Crippen LogP contribution in [0.3, 0.4) is 0 Å². The third-order valence-electron chi connectivity index (χ3n) is 2.32. The second-order valence-corrected chi connectivity index (χ2v) is 5.51. The van der Waals surface area contributed by atoms with Gasteiger partial charge in [0.1, 0.15) is 0 Å². The fourth-order valence-corrected chi connectivity index (χ4v) is 1.78. The summed E-state index contributed by atoms with van der Waals surface area (Å²) in [6.45, 7) is 8.49. The number of hydrogen-bond acceptors (Lipinski definition) is 4. The van der Waals surface area contributed by atoms with Crippen LogP contribution >= 0.6 is 0 Å². The van der Waals surface area contributed by atoms with Crippen LogP contribution in [0, 0.1) is 0 Å². The second kappa shape index (κ2) is 6.66. The summed E-state index contributed by atoms with van der Waals surface area (Å²) in [5.74, 6) is 1.03. The molecule has 0 saturated carbocycles. The van der Waals surface area contributed by atoms with Gasteiger partial charge in [-0.1, -0.05) is 0 Å². The van der Waals surface area contributed by atoms with Gasteiger partial charge in [0.25, 0.3) is 0 Å². The Morgan fingerprint density at radius 3 is 1.74 bits per heavy atom. The Bertz CT molecular complexity index is 383. The maximum atomic E-state index is 10.2. The van der Waals surface area contributed by atoms with E-state index >= 15 is 0 Å². The van der Waals surface area contributed by atoms with E-state index in [4.69, 9.17) is 9.47 Å². The molecule has 0 amide bonds. The molecule has 0 spiro atoms. The molecule has 1 N–H and O–H groups in total. The largest absolute Gasteiger partial charge is 0.502 e. The van der Waals surface area contributed by atoms with Gasteiger partial charge in [-0.15, -0.1) is 0 Å². The molecule has 0 aliphatic carbocycles. The zero-order chi connectivity index (χ0) is 14.6. The number of hydrogen-bond donors (Lipinski definition) is 1. The highest BCUT2D eigenvalue weighted by Crippen LogP contribution is 2.38. The maximum absolute atomic E-state index is 10.2. The van der Waals surface area contributed by atoms with Gasteiger partial charge >= 0.3 is 0 Å². The van der Waals surface area contributed by atoms with Crippen molar-refractivity contribution >= 4 is 0 Å². The van der Waals surface area contributed by atoms with Crippen molar-refractivity contribution in [3.63, 3.8) is 0 Å². The van der Waals surface area contributed by atoms with Crippen LogP contribution in [-0.2, 0) is 6.54 Å². The van der Waals surface area contributed by atoms with E-state index in [0.717, 1.165) is 12.1 Å². The summed E-state index contributed by atoms with van der Waals surface area (Å²) in [4.78, 5) is 2.06. The van der Waals surface area contributed by atoms with Crippen LogP contribution < -0.4 is 9.47 Å². The Kier molecular flexibility index (Phi) is 5.48. The predicted molar refractivity (Wildman–Crippen MR) is 77.0 cm³/mol. The molecule has 0 heterocycles. The number of ether oxygens (including phenoxy) is 2. The third-order valence-corrected chi connectivity index (χ3v) is 2.32. The quantitative estimate of drug-likeness (QED) is 0.860. The van der Waals surface area contributed by atoms with Crippen LogP contribution in [0.15, 0.2) is 12.1 Å². The van der Waals surface area contributed by atoms with Crippen LogP contribution in [0.4, 0.5) is 0 Å². The summed E-state index contributed by atoms with van der Waals surface area (Å²) in [7, 11) is 4.00. The van der Waals surface area contributed by atoms with Crippen molar-refractivity contribution in [3.05, 3.63) is 17.7 Å². The zero-order valence-electron chi connectivity index (χ0n) is 12.7. The van der Waals surface area contributed by atoms with Crippen molar-refractivity contribution in [2.24, 2.45) is 0 Å². The fourth-order valence-electron chi connectivity index (χ4n) is 1.78. The predicted octanol–water partition coefficient (Wildman–Crippen LogP) is 3.03. The van der Waals surface area contributed by atoms with Gasteiger partial charge in [0, 0.05) is 6.54 Å². The van der Waals surface area contributed by atoms with E-state index in [-0.39, 0.29) is 18.0 Å². The minimum absolute atomic E-state index is 0.00686. The molecule has 0 fully saturated rings. The Labute approximate surface area is 115 Å². The first-order valence-corrected chi connectivity index (χ1v) is 6.63. The number of aromatic hydroxyl groups is 1. The van der Waals surface area contributed by atoms with E-state index in [2.05, 4.69) is 4.90 Å². The van der Waals surface area contributed by atoms with E-state index in [1.165, 1.54) is 0 Å². The average molecular weight is 267 g/mol. The Morgan fingerprint density at radius 2 is 1.42 bits per heavy atom. The Morgan fingerprint density at radius 1 is 1.00 bits per heavy atom. The number of phenols is 1. The van der Waals surface area contributed by atoms with Gasteiger partial charge in [0.15, 0.2) is 11.5 Å². The zero-order valence-corrected chi connectivity index (χ0v) is 12.7. The Balaban J connectivity index is 3.13. The van der Waals surface area contributed by atoms with Crippen LogP contribution in [-0.4, -0.2) is 36.3 Å². The first-order chi connectivity index (χ1) is 8.79. The first-order valence-electron chi connectivity index (χ1n) is 6.63. The van der Waals surface area contributed by atoms with E-state index in [0.29, 0.717) is 11.5 Å². The molecule has 0 radical (unpaired) electrons. The van der Waals surface area contributed by atoms with E-state index in [1.54, 1.807) is 0 Å². The first kappa shape index (κ1) is 15.6. The summed E-state index contributed by atoms with van der Waals surface area (Å²) in [6.07, 6.45) is 0.0137. The maximum Gasteiger partial charge on any atom is 0.200 e. The fraction of sp³-hybridized carbons (Fsp3) is 0.600. The number of nitrogens with zero attached hydrogens (tertiary/aromatic N) is 1. The molecule has 1 aromatic carbocycles. The summed E-state index contributed by atoms with van der Waals surface area (Å²) in [5, 5.41) is 10.2. The molecule has 0 aromatic heterocycles. The highest BCUT2D eigenvalue weighted by Gasteiger charge is 2.15. The normalized spacial score (nSPS) is 11.4. The van der Waals surface area contributed by atoms with Gasteiger partial charge in [0.2, 0.25) is 5.75 Å². The molecule has 0 atom stereocenters. The van der Waals surface area contributed by atoms with Crippen LogP contribution in [0.1, 0.15) is 33.3 Å². The monoisotopic (exact) mass is 267 g/mol. The standard InChI is InChI=1S/C15H25NO3/c1-10(2)18-13-7-12(9-16(5)6)8-14(15(13)17)19-11(3)4/h7-8,10-11,17H,9H2,1-6H3.